The molecule has 0 aromatic heterocycles. The molecule has 0 spiro atoms. The first-order valence-electron chi connectivity index (χ1n) is 6.34. The summed E-state index contributed by atoms with van der Waals surface area (Å²) < 4.78 is 11.5. The van der Waals surface area contributed by atoms with Crippen LogP contribution in [-0.4, -0.2) is 6.61 Å². The predicted molar refractivity (Wildman–Crippen MR) is 77.9 cm³/mol. The van der Waals surface area contributed by atoms with Crippen LogP contribution in [0.5, 0.6) is 17.2 Å². The molecule has 0 saturated carbocycles. The van der Waals surface area contributed by atoms with E-state index in [4.69, 9.17) is 9.47 Å². The van der Waals surface area contributed by atoms with E-state index in [1.54, 1.807) is 0 Å². The highest BCUT2D eigenvalue weighted by atomic mass is 16.5. The highest BCUT2D eigenvalue weighted by Gasteiger charge is 2.04. The van der Waals surface area contributed by atoms with Crippen molar-refractivity contribution in [3.8, 4) is 17.2 Å². The van der Waals surface area contributed by atoms with Crippen molar-refractivity contribution in [1.29, 1.82) is 0 Å². The largest absolute Gasteiger partial charge is 0.486 e. The molecule has 0 saturated heterocycles. The summed E-state index contributed by atoms with van der Waals surface area (Å²) in [6.07, 6.45) is 2.04. The molecule has 2 aromatic rings. The molecular formula is C17H18O2. The number of para-hydroxylation sites is 3. The van der Waals surface area contributed by atoms with Crippen LogP contribution in [0.25, 0.3) is 0 Å². The van der Waals surface area contributed by atoms with Crippen molar-refractivity contribution in [2.75, 3.05) is 6.61 Å². The maximum absolute atomic E-state index is 5.82. The van der Waals surface area contributed by atoms with Crippen LogP contribution in [0.1, 0.15) is 13.8 Å². The van der Waals surface area contributed by atoms with Gasteiger partial charge in [0.15, 0.2) is 11.5 Å². The Bertz CT molecular complexity index is 540. The second-order valence-corrected chi connectivity index (χ2v) is 4.45. The Hall–Kier alpha value is -2.22. The molecule has 0 fully saturated rings. The third-order valence-electron chi connectivity index (χ3n) is 2.55. The lowest BCUT2D eigenvalue weighted by Gasteiger charge is -2.11. The molecule has 0 unspecified atom stereocenters. The van der Waals surface area contributed by atoms with Crippen molar-refractivity contribution >= 4 is 0 Å². The summed E-state index contributed by atoms with van der Waals surface area (Å²) in [7, 11) is 0. The smallest absolute Gasteiger partial charge is 0.169 e. The van der Waals surface area contributed by atoms with Crippen molar-refractivity contribution in [2.45, 2.75) is 13.8 Å². The summed E-state index contributed by atoms with van der Waals surface area (Å²) in [6.45, 7) is 4.66. The average molecular weight is 254 g/mol. The van der Waals surface area contributed by atoms with Crippen LogP contribution in [0.2, 0.25) is 0 Å². The zero-order valence-corrected chi connectivity index (χ0v) is 11.3. The zero-order valence-electron chi connectivity index (χ0n) is 11.3. The van der Waals surface area contributed by atoms with Crippen LogP contribution in [-0.2, 0) is 0 Å². The lowest BCUT2D eigenvalue weighted by molar-refractivity contribution is 0.339. The standard InChI is InChI=1S/C17H18O2/c1-14(2)12-13-18-16-10-6-7-11-17(16)19-15-8-4-3-5-9-15/h3-12H,13H2,1-2H3. The molecule has 0 N–H and O–H groups in total. The van der Waals surface area contributed by atoms with Crippen LogP contribution in [0.4, 0.5) is 0 Å². The third kappa shape index (κ3) is 4.18. The van der Waals surface area contributed by atoms with E-state index in [1.807, 2.05) is 60.7 Å². The molecule has 2 rings (SSSR count). The second kappa shape index (κ2) is 6.64. The van der Waals surface area contributed by atoms with Gasteiger partial charge in [0.1, 0.15) is 12.4 Å². The molecule has 0 aliphatic carbocycles. The summed E-state index contributed by atoms with van der Waals surface area (Å²) in [4.78, 5) is 0. The Labute approximate surface area is 114 Å². The van der Waals surface area contributed by atoms with Gasteiger partial charge in [-0.25, -0.2) is 0 Å². The van der Waals surface area contributed by atoms with Crippen LogP contribution in [0, 0.1) is 0 Å². The molecule has 2 aromatic carbocycles. The van der Waals surface area contributed by atoms with Gasteiger partial charge in [0, 0.05) is 0 Å². The number of hydrogen-bond acceptors (Lipinski definition) is 2. The van der Waals surface area contributed by atoms with Gasteiger partial charge in [-0.2, -0.15) is 0 Å². The first-order chi connectivity index (χ1) is 9.25. The molecule has 98 valence electrons. The Morgan fingerprint density at radius 3 is 2.21 bits per heavy atom. The van der Waals surface area contributed by atoms with Crippen molar-refractivity contribution in [3.63, 3.8) is 0 Å². The fraction of sp³-hybridized carbons (Fsp3) is 0.176. The van der Waals surface area contributed by atoms with Crippen molar-refractivity contribution in [1.82, 2.24) is 0 Å². The van der Waals surface area contributed by atoms with E-state index in [0.717, 1.165) is 17.2 Å². The molecule has 2 heteroatoms. The van der Waals surface area contributed by atoms with Crippen molar-refractivity contribution in [3.05, 3.63) is 66.2 Å². The molecular weight excluding hydrogens is 236 g/mol. The molecule has 0 atom stereocenters. The van der Waals surface area contributed by atoms with Crippen molar-refractivity contribution in [2.24, 2.45) is 0 Å². The molecule has 0 aliphatic rings. The van der Waals surface area contributed by atoms with Gasteiger partial charge >= 0.3 is 0 Å². The molecule has 0 bridgehead atoms. The number of hydrogen-bond donors (Lipinski definition) is 0. The van der Waals surface area contributed by atoms with Gasteiger partial charge in [-0.1, -0.05) is 35.9 Å². The normalized spacial score (nSPS) is 9.79. The summed E-state index contributed by atoms with van der Waals surface area (Å²) in [6, 6.07) is 17.4. The van der Waals surface area contributed by atoms with Gasteiger partial charge in [0.25, 0.3) is 0 Å². The van der Waals surface area contributed by atoms with Gasteiger partial charge in [0.05, 0.1) is 0 Å². The molecule has 2 nitrogen and oxygen atoms in total. The number of rotatable bonds is 5. The van der Waals surface area contributed by atoms with E-state index in [1.165, 1.54) is 5.57 Å². The fourth-order valence-corrected chi connectivity index (χ4v) is 1.57. The van der Waals surface area contributed by atoms with Crippen LogP contribution in [0.3, 0.4) is 0 Å². The minimum atomic E-state index is 0.553. The van der Waals surface area contributed by atoms with Gasteiger partial charge in [-0.3, -0.25) is 0 Å². The van der Waals surface area contributed by atoms with Crippen LogP contribution < -0.4 is 9.47 Å². The third-order valence-corrected chi connectivity index (χ3v) is 2.55. The fourth-order valence-electron chi connectivity index (χ4n) is 1.57. The predicted octanol–water partition coefficient (Wildman–Crippen LogP) is 4.82. The minimum Gasteiger partial charge on any atom is -0.486 e. The van der Waals surface area contributed by atoms with E-state index >= 15 is 0 Å². The number of allylic oxidation sites excluding steroid dienone is 1. The highest BCUT2D eigenvalue weighted by molar-refractivity contribution is 5.42. The Kier molecular flexibility index (Phi) is 4.62. The zero-order chi connectivity index (χ0) is 13.5. The first-order valence-corrected chi connectivity index (χ1v) is 6.34. The number of ether oxygens (including phenoxy) is 2. The van der Waals surface area contributed by atoms with E-state index in [0.29, 0.717) is 6.61 Å². The molecule has 19 heavy (non-hydrogen) atoms. The minimum absolute atomic E-state index is 0.553. The maximum atomic E-state index is 5.82. The Morgan fingerprint density at radius 1 is 0.895 bits per heavy atom. The maximum Gasteiger partial charge on any atom is 0.169 e. The average Bonchev–Trinajstić information content (AvgIpc) is 2.41. The lowest BCUT2D eigenvalue weighted by Crippen LogP contribution is -1.96. The molecule has 0 heterocycles. The summed E-state index contributed by atoms with van der Waals surface area (Å²) in [5.74, 6) is 2.29. The van der Waals surface area contributed by atoms with Gasteiger partial charge in [-0.15, -0.1) is 0 Å². The van der Waals surface area contributed by atoms with Crippen LogP contribution >= 0.6 is 0 Å². The SMILES string of the molecule is CC(C)=CCOc1ccccc1Oc1ccccc1. The topological polar surface area (TPSA) is 18.5 Å². The second-order valence-electron chi connectivity index (χ2n) is 4.45. The van der Waals surface area contributed by atoms with E-state index in [9.17, 15) is 0 Å². The quantitative estimate of drug-likeness (QED) is 0.712. The Balaban J connectivity index is 2.10. The summed E-state index contributed by atoms with van der Waals surface area (Å²) >= 11 is 0. The molecule has 0 aliphatic heterocycles. The van der Waals surface area contributed by atoms with Gasteiger partial charge in [0.2, 0.25) is 0 Å². The molecule has 0 amide bonds. The summed E-state index contributed by atoms with van der Waals surface area (Å²) in [5.41, 5.74) is 1.24. The Morgan fingerprint density at radius 2 is 1.53 bits per heavy atom. The van der Waals surface area contributed by atoms with Gasteiger partial charge < -0.3 is 9.47 Å². The lowest BCUT2D eigenvalue weighted by atomic mass is 10.3. The van der Waals surface area contributed by atoms with Gasteiger partial charge in [-0.05, 0) is 44.2 Å². The van der Waals surface area contributed by atoms with Crippen LogP contribution in [0.15, 0.2) is 66.2 Å². The first kappa shape index (κ1) is 13.2. The van der Waals surface area contributed by atoms with E-state index in [-0.39, 0.29) is 0 Å². The summed E-state index contributed by atoms with van der Waals surface area (Å²) in [5, 5.41) is 0. The number of benzene rings is 2. The van der Waals surface area contributed by atoms with Crippen molar-refractivity contribution < 1.29 is 9.47 Å². The van der Waals surface area contributed by atoms with E-state index in [2.05, 4.69) is 13.8 Å². The monoisotopic (exact) mass is 254 g/mol. The van der Waals surface area contributed by atoms with E-state index < -0.39 is 0 Å². The highest BCUT2D eigenvalue weighted by Crippen LogP contribution is 2.30. The molecule has 0 radical (unpaired) electrons.